The van der Waals surface area contributed by atoms with E-state index in [9.17, 15) is 38.4 Å². The number of aliphatic carboxylic acids is 8. The summed E-state index contributed by atoms with van der Waals surface area (Å²) in [5.41, 5.74) is -1.27. The van der Waals surface area contributed by atoms with Gasteiger partial charge in [-0.1, -0.05) is 39.5 Å². The normalized spacial score (nSPS) is 9.27. The number of ether oxygens (including phenoxy) is 1. The molecule has 14 N–H and O–H groups in total. The van der Waals surface area contributed by atoms with Crippen molar-refractivity contribution < 1.29 is 115 Å². The van der Waals surface area contributed by atoms with Crippen LogP contribution in [0.3, 0.4) is 0 Å². The molecule has 0 aromatic rings. The fourth-order valence-electron chi connectivity index (χ4n) is 1.61. The molecule has 0 saturated heterocycles. The van der Waals surface area contributed by atoms with Crippen LogP contribution in [0.15, 0.2) is 72.9 Å². The first-order valence-electron chi connectivity index (χ1n) is 17.6. The van der Waals surface area contributed by atoms with Gasteiger partial charge in [-0.3, -0.25) is 9.59 Å². The van der Waals surface area contributed by atoms with Crippen molar-refractivity contribution in [1.29, 1.82) is 0 Å². The monoisotopic (exact) mass is 916 g/mol. The molecule has 0 heterocycles. The maximum Gasteiger partial charge on any atom is 0.330 e. The summed E-state index contributed by atoms with van der Waals surface area (Å²) in [6, 6.07) is 0. The van der Waals surface area contributed by atoms with Gasteiger partial charge in [-0.2, -0.15) is 0 Å². The summed E-state index contributed by atoms with van der Waals surface area (Å²) in [6.45, 7) is 24.6. The Kier molecular flexibility index (Phi) is 53.7. The van der Waals surface area contributed by atoms with Crippen molar-refractivity contribution in [1.82, 2.24) is 0 Å². The molecule has 0 radical (unpaired) electrons. The summed E-state index contributed by atoms with van der Waals surface area (Å²) in [6.07, 6.45) is 1.02. The van der Waals surface area contributed by atoms with Crippen molar-refractivity contribution in [3.8, 4) is 0 Å². The van der Waals surface area contributed by atoms with Crippen LogP contribution in [0, 0.1) is 10.8 Å². The molecule has 0 aromatic carbocycles. The summed E-state index contributed by atoms with van der Waals surface area (Å²) < 4.78 is 5.15. The zero-order valence-corrected chi connectivity index (χ0v) is 36.7. The van der Waals surface area contributed by atoms with E-state index in [-0.39, 0.29) is 59.5 Å². The lowest BCUT2D eigenvalue weighted by Crippen LogP contribution is -2.43. The van der Waals surface area contributed by atoms with Crippen molar-refractivity contribution in [2.75, 3.05) is 52.9 Å². The Morgan fingerprint density at radius 3 is 0.556 bits per heavy atom. The Hall–Kier alpha value is -6.08. The minimum absolute atomic E-state index is 0.0628. The van der Waals surface area contributed by atoms with Gasteiger partial charge in [0.2, 0.25) is 0 Å². The van der Waals surface area contributed by atoms with Crippen LogP contribution >= 0.6 is 0 Å². The van der Waals surface area contributed by atoms with Crippen LogP contribution < -0.4 is 0 Å². The van der Waals surface area contributed by atoms with E-state index in [4.69, 9.17) is 76.2 Å². The third-order valence-electron chi connectivity index (χ3n) is 6.05. The van der Waals surface area contributed by atoms with Gasteiger partial charge in [0.25, 0.3) is 0 Å². The predicted molar refractivity (Wildman–Crippen MR) is 227 cm³/mol. The summed E-state index contributed by atoms with van der Waals surface area (Å²) in [4.78, 5) is 77.4. The number of unbranched alkanes of at least 4 members (excludes halogenated alkanes) is 1. The van der Waals surface area contributed by atoms with Gasteiger partial charge in [0.1, 0.15) is 0 Å². The Morgan fingerprint density at radius 2 is 0.476 bits per heavy atom. The zero-order chi connectivity index (χ0) is 52.3. The number of hydrogen-bond acceptors (Lipinski definition) is 15. The molecule has 23 heteroatoms. The molecule has 0 aliphatic carbocycles. The van der Waals surface area contributed by atoms with E-state index in [2.05, 4.69) is 39.5 Å². The fourth-order valence-corrected chi connectivity index (χ4v) is 1.61. The molecule has 0 aliphatic rings. The molecule has 63 heavy (non-hydrogen) atoms. The second-order valence-electron chi connectivity index (χ2n) is 12.9. The molecule has 0 unspecified atom stereocenters. The minimum atomic E-state index is -1.16. The van der Waals surface area contributed by atoms with Gasteiger partial charge >= 0.3 is 47.8 Å². The van der Waals surface area contributed by atoms with Gasteiger partial charge in [-0.25, -0.2) is 28.8 Å². The predicted octanol–water partition coefficient (Wildman–Crippen LogP) is 1.53. The second-order valence-corrected chi connectivity index (χ2v) is 12.9. The lowest BCUT2D eigenvalue weighted by molar-refractivity contribution is -0.139. The Morgan fingerprint density at radius 1 is 0.349 bits per heavy atom. The molecule has 0 bridgehead atoms. The van der Waals surface area contributed by atoms with E-state index < -0.39 is 98.2 Å². The highest BCUT2D eigenvalue weighted by molar-refractivity contribution is 5.86. The molecular weight excluding hydrogens is 848 g/mol. The molecule has 0 rings (SSSR count). The molecule has 366 valence electrons. The number of hydrogen-bond donors (Lipinski definition) is 14. The molecule has 0 amide bonds. The first-order chi connectivity index (χ1) is 28.6. The van der Waals surface area contributed by atoms with Crippen LogP contribution in [0.2, 0.25) is 0 Å². The van der Waals surface area contributed by atoms with Crippen molar-refractivity contribution in [3.63, 3.8) is 0 Å². The largest absolute Gasteiger partial charge is 0.481 e. The van der Waals surface area contributed by atoms with E-state index in [1.54, 1.807) is 0 Å². The van der Waals surface area contributed by atoms with Crippen molar-refractivity contribution >= 4 is 47.8 Å². The Labute approximate surface area is 365 Å². The molecule has 0 fully saturated rings. The number of aliphatic hydroxyl groups excluding tert-OH is 6. The van der Waals surface area contributed by atoms with Gasteiger partial charge in [-0.15, -0.1) is 0 Å². The number of carbonyl (C=O) groups is 8. The smallest absolute Gasteiger partial charge is 0.330 e. The maximum atomic E-state index is 9.90. The molecule has 0 spiro atoms. The first-order valence-corrected chi connectivity index (χ1v) is 17.6. The van der Waals surface area contributed by atoms with Gasteiger partial charge in [0.05, 0.1) is 63.7 Å². The Bertz CT molecular complexity index is 1160. The van der Waals surface area contributed by atoms with Crippen LogP contribution in [0.5, 0.6) is 0 Å². The van der Waals surface area contributed by atoms with Crippen molar-refractivity contribution in [2.24, 2.45) is 10.8 Å². The molecule has 0 atom stereocenters. The minimum Gasteiger partial charge on any atom is -0.481 e. The van der Waals surface area contributed by atoms with Crippen molar-refractivity contribution in [3.05, 3.63) is 72.9 Å². The topological polar surface area (TPSA) is 429 Å². The highest BCUT2D eigenvalue weighted by Gasteiger charge is 2.32. The van der Waals surface area contributed by atoms with E-state index >= 15 is 0 Å². The van der Waals surface area contributed by atoms with E-state index in [1.165, 1.54) is 41.5 Å². The highest BCUT2D eigenvalue weighted by Crippen LogP contribution is 2.19. The molecule has 0 aliphatic heterocycles. The van der Waals surface area contributed by atoms with Crippen LogP contribution in [0.1, 0.15) is 67.2 Å². The van der Waals surface area contributed by atoms with Crippen LogP contribution in [0.4, 0.5) is 0 Å². The molecular formula is C40H68O23. The SMILES string of the molecule is C=C(C)C(=O)O.C=C(C)C(=O)O.C=C(C)C(=O)O.C=C(C)C(=O)O.C=C(C)C(=O)O.C=C(C)C(=O)O.O=C(O)CCCCC(=O)O.OCC(CO)(CO)COCC(CO)(CO)CO. The van der Waals surface area contributed by atoms with E-state index in [0.29, 0.717) is 12.8 Å². The maximum absolute atomic E-state index is 9.90. The third-order valence-corrected chi connectivity index (χ3v) is 6.05. The molecule has 23 nitrogen and oxygen atoms in total. The zero-order valence-electron chi connectivity index (χ0n) is 36.7. The average molecular weight is 917 g/mol. The van der Waals surface area contributed by atoms with E-state index in [1.807, 2.05) is 0 Å². The summed E-state index contributed by atoms with van der Waals surface area (Å²) >= 11 is 0. The second kappa shape index (κ2) is 45.4. The standard InChI is InChI=1S/C10H22O7.C6H10O4.6C4H6O2/c11-1-9(2-12,3-13)7-17-8-10(4-14,5-15)6-16;7-5(8)3-1-2-4-6(9)10;6*1-3(2)4(5)6/h11-16H,1-8H2;1-4H2,(H,7,8)(H,9,10);6*1H2,2H3,(H,5,6). The van der Waals surface area contributed by atoms with Crippen LogP contribution in [-0.2, 0) is 43.1 Å². The number of carboxylic acid groups (broad SMARTS) is 8. The average Bonchev–Trinajstić information content (AvgIpc) is 3.18. The molecule has 0 aromatic heterocycles. The van der Waals surface area contributed by atoms with Gasteiger partial charge in [0, 0.05) is 46.3 Å². The molecule has 0 saturated carbocycles. The van der Waals surface area contributed by atoms with Gasteiger partial charge in [0.15, 0.2) is 0 Å². The fraction of sp³-hybridized carbons (Fsp3) is 0.500. The summed E-state index contributed by atoms with van der Waals surface area (Å²) in [5.74, 6) is -7.35. The quantitative estimate of drug-likeness (QED) is 0.0573. The lowest BCUT2D eigenvalue weighted by Gasteiger charge is -2.31. The van der Waals surface area contributed by atoms with E-state index in [0.717, 1.165) is 0 Å². The Balaban J connectivity index is -0.0000000957. The van der Waals surface area contributed by atoms with Crippen molar-refractivity contribution in [2.45, 2.75) is 67.2 Å². The van der Waals surface area contributed by atoms with Crippen LogP contribution in [0.25, 0.3) is 0 Å². The number of rotatable bonds is 21. The summed E-state index contributed by atoms with van der Waals surface area (Å²) in [5, 5.41) is 118. The first kappa shape index (κ1) is 74.4. The highest BCUT2D eigenvalue weighted by atomic mass is 16.5. The number of carboxylic acids is 8. The van der Waals surface area contributed by atoms with Crippen LogP contribution in [-0.4, -0.2) is 172 Å². The lowest BCUT2D eigenvalue weighted by atomic mass is 9.91. The summed E-state index contributed by atoms with van der Waals surface area (Å²) in [7, 11) is 0. The van der Waals surface area contributed by atoms with Gasteiger partial charge in [-0.05, 0) is 54.4 Å². The third kappa shape index (κ3) is 62.7. The van der Waals surface area contributed by atoms with Gasteiger partial charge < -0.3 is 76.2 Å². The number of aliphatic hydroxyl groups is 6.